The van der Waals surface area contributed by atoms with Gasteiger partial charge in [-0.15, -0.1) is 0 Å². The molecule has 5 rings (SSSR count). The van der Waals surface area contributed by atoms with Crippen LogP contribution in [0.3, 0.4) is 0 Å². The standard InChI is InChI=1S/C27H31FN4O5/c1-27-15-18-21-19(8-9-20(37-3)22(21)28)30-23(18)24(16-6-4-7-17(33)14-16)32(27)26(35)31(25(27)34)12-5-10-29-11-13-36-2/h4,6-9,14,24,29-30,33H,5,10-13,15H2,1-3H3/t24-,27+/m1/s1. The molecule has 37 heavy (non-hydrogen) atoms. The van der Waals surface area contributed by atoms with Crippen molar-refractivity contribution in [1.29, 1.82) is 0 Å². The number of benzene rings is 2. The molecular weight excluding hydrogens is 479 g/mol. The molecule has 3 amide bonds. The van der Waals surface area contributed by atoms with E-state index in [1.54, 1.807) is 55.3 Å². The zero-order valence-electron chi connectivity index (χ0n) is 21.1. The summed E-state index contributed by atoms with van der Waals surface area (Å²) in [7, 11) is 3.03. The van der Waals surface area contributed by atoms with Gasteiger partial charge in [0.05, 0.1) is 13.7 Å². The Morgan fingerprint density at radius 1 is 1.22 bits per heavy atom. The summed E-state index contributed by atoms with van der Waals surface area (Å²) in [5, 5.41) is 13.8. The number of amides is 3. The van der Waals surface area contributed by atoms with Crippen LogP contribution in [0.5, 0.6) is 11.5 Å². The number of halogens is 1. The minimum Gasteiger partial charge on any atom is -0.508 e. The molecule has 3 N–H and O–H groups in total. The first-order chi connectivity index (χ1) is 17.8. The van der Waals surface area contributed by atoms with Gasteiger partial charge < -0.3 is 24.9 Å². The van der Waals surface area contributed by atoms with Crippen LogP contribution in [0.15, 0.2) is 36.4 Å². The quantitative estimate of drug-likeness (QED) is 0.301. The third kappa shape index (κ3) is 4.00. The van der Waals surface area contributed by atoms with Gasteiger partial charge in [-0.25, -0.2) is 9.18 Å². The van der Waals surface area contributed by atoms with Crippen LogP contribution in [0.25, 0.3) is 10.9 Å². The van der Waals surface area contributed by atoms with Crippen molar-refractivity contribution in [1.82, 2.24) is 20.1 Å². The summed E-state index contributed by atoms with van der Waals surface area (Å²) < 4.78 is 25.8. The maximum Gasteiger partial charge on any atom is 0.328 e. The number of imide groups is 1. The highest BCUT2D eigenvalue weighted by Gasteiger charge is 2.60. The molecule has 0 saturated carbocycles. The second-order valence-electron chi connectivity index (χ2n) is 9.68. The van der Waals surface area contributed by atoms with E-state index >= 15 is 4.39 Å². The van der Waals surface area contributed by atoms with E-state index in [-0.39, 0.29) is 30.4 Å². The van der Waals surface area contributed by atoms with Gasteiger partial charge in [-0.3, -0.25) is 14.6 Å². The molecule has 1 aromatic heterocycles. The summed E-state index contributed by atoms with van der Waals surface area (Å²) >= 11 is 0. The van der Waals surface area contributed by atoms with Crippen molar-refractivity contribution in [3.8, 4) is 11.5 Å². The average molecular weight is 511 g/mol. The predicted octanol–water partition coefficient (Wildman–Crippen LogP) is 3.32. The fraction of sp³-hybridized carbons (Fsp3) is 0.407. The number of aromatic hydroxyl groups is 1. The zero-order chi connectivity index (χ0) is 26.3. The lowest BCUT2D eigenvalue weighted by Gasteiger charge is -2.42. The van der Waals surface area contributed by atoms with Crippen LogP contribution in [0.4, 0.5) is 9.18 Å². The molecule has 9 nitrogen and oxygen atoms in total. The number of phenolic OH excluding ortho intramolecular Hbond substituents is 1. The SMILES string of the molecule is COCCNCCCN1C(=O)N2[C@H](c3cccc(O)c3)c3[nH]c4ccc(OC)c(F)c4c3C[C@@]2(C)C1=O. The minimum atomic E-state index is -1.23. The van der Waals surface area contributed by atoms with Crippen molar-refractivity contribution in [3.63, 3.8) is 0 Å². The number of ether oxygens (including phenoxy) is 2. The highest BCUT2D eigenvalue weighted by Crippen LogP contribution is 2.49. The molecule has 0 spiro atoms. The van der Waals surface area contributed by atoms with E-state index in [2.05, 4.69) is 10.3 Å². The Morgan fingerprint density at radius 3 is 2.76 bits per heavy atom. The number of aromatic nitrogens is 1. The van der Waals surface area contributed by atoms with Crippen molar-refractivity contribution in [2.24, 2.45) is 0 Å². The fourth-order valence-corrected chi connectivity index (χ4v) is 5.61. The fourth-order valence-electron chi connectivity index (χ4n) is 5.61. The van der Waals surface area contributed by atoms with Gasteiger partial charge >= 0.3 is 6.03 Å². The third-order valence-corrected chi connectivity index (χ3v) is 7.35. The molecule has 1 fully saturated rings. The van der Waals surface area contributed by atoms with Crippen molar-refractivity contribution in [2.45, 2.75) is 31.3 Å². The van der Waals surface area contributed by atoms with Crippen LogP contribution in [-0.2, 0) is 16.0 Å². The summed E-state index contributed by atoms with van der Waals surface area (Å²) in [5.74, 6) is -0.692. The van der Waals surface area contributed by atoms with Gasteiger partial charge in [0.2, 0.25) is 0 Å². The summed E-state index contributed by atoms with van der Waals surface area (Å²) in [5.41, 5.74) is 1.19. The smallest absolute Gasteiger partial charge is 0.328 e. The van der Waals surface area contributed by atoms with E-state index in [9.17, 15) is 14.7 Å². The molecule has 3 aromatic rings. The van der Waals surface area contributed by atoms with E-state index in [0.717, 1.165) is 0 Å². The number of urea groups is 1. The number of hydrogen-bond donors (Lipinski definition) is 3. The highest BCUT2D eigenvalue weighted by atomic mass is 19.1. The van der Waals surface area contributed by atoms with Gasteiger partial charge in [-0.1, -0.05) is 12.1 Å². The average Bonchev–Trinajstić information content (AvgIpc) is 3.33. The van der Waals surface area contributed by atoms with Crippen LogP contribution in [0.2, 0.25) is 0 Å². The second kappa shape index (κ2) is 9.68. The molecule has 2 aromatic carbocycles. The second-order valence-corrected chi connectivity index (χ2v) is 9.68. The summed E-state index contributed by atoms with van der Waals surface area (Å²) in [6.07, 6.45) is 0.733. The number of carbonyl (C=O) groups excluding carboxylic acids is 2. The molecule has 1 saturated heterocycles. The molecule has 2 aliphatic rings. The van der Waals surface area contributed by atoms with Gasteiger partial charge in [0.25, 0.3) is 5.91 Å². The summed E-state index contributed by atoms with van der Waals surface area (Å²) in [6.45, 7) is 3.87. The Morgan fingerprint density at radius 2 is 2.03 bits per heavy atom. The van der Waals surface area contributed by atoms with Gasteiger partial charge in [0.1, 0.15) is 17.3 Å². The Bertz CT molecular complexity index is 1360. The molecule has 0 unspecified atom stereocenters. The van der Waals surface area contributed by atoms with Crippen LogP contribution in [0.1, 0.15) is 36.2 Å². The third-order valence-electron chi connectivity index (χ3n) is 7.35. The van der Waals surface area contributed by atoms with Crippen molar-refractivity contribution >= 4 is 22.8 Å². The Kier molecular flexibility index (Phi) is 6.55. The maximum atomic E-state index is 15.5. The number of rotatable bonds is 9. The Labute approximate surface area is 214 Å². The van der Waals surface area contributed by atoms with E-state index < -0.39 is 23.4 Å². The topological polar surface area (TPSA) is 107 Å². The molecule has 3 heterocycles. The normalized spacial score (nSPS) is 21.0. The molecule has 196 valence electrons. The van der Waals surface area contributed by atoms with Crippen LogP contribution < -0.4 is 10.1 Å². The van der Waals surface area contributed by atoms with Crippen molar-refractivity contribution in [3.05, 3.63) is 59.0 Å². The molecule has 10 heteroatoms. The monoisotopic (exact) mass is 510 g/mol. The number of fused-ring (bicyclic) bond motifs is 4. The van der Waals surface area contributed by atoms with Gasteiger partial charge in [0, 0.05) is 43.2 Å². The van der Waals surface area contributed by atoms with Crippen molar-refractivity contribution in [2.75, 3.05) is 40.5 Å². The van der Waals surface area contributed by atoms with Crippen LogP contribution >= 0.6 is 0 Å². The minimum absolute atomic E-state index is 0.0345. The number of H-pyrrole nitrogens is 1. The van der Waals surface area contributed by atoms with Crippen LogP contribution in [-0.4, -0.2) is 77.8 Å². The molecule has 0 radical (unpaired) electrons. The molecule has 2 atom stereocenters. The maximum absolute atomic E-state index is 15.5. The highest BCUT2D eigenvalue weighted by molar-refractivity contribution is 6.08. The first-order valence-corrected chi connectivity index (χ1v) is 12.3. The number of hydrogen-bond acceptors (Lipinski definition) is 6. The number of phenols is 1. The lowest BCUT2D eigenvalue weighted by atomic mass is 9.81. The van der Waals surface area contributed by atoms with Gasteiger partial charge in [-0.05, 0) is 55.3 Å². The number of nitrogens with zero attached hydrogens (tertiary/aromatic N) is 2. The van der Waals surface area contributed by atoms with Crippen LogP contribution in [0, 0.1) is 5.82 Å². The zero-order valence-corrected chi connectivity index (χ0v) is 21.1. The lowest BCUT2D eigenvalue weighted by Crippen LogP contribution is -2.53. The van der Waals surface area contributed by atoms with Crippen molar-refractivity contribution < 1.29 is 28.6 Å². The number of aromatic amines is 1. The van der Waals surface area contributed by atoms with E-state index in [0.29, 0.717) is 53.8 Å². The number of carbonyl (C=O) groups is 2. The van der Waals surface area contributed by atoms with E-state index in [4.69, 9.17) is 9.47 Å². The molecule has 0 aliphatic carbocycles. The molecular formula is C27H31FN4O5. The van der Waals surface area contributed by atoms with Gasteiger partial charge in [-0.2, -0.15) is 0 Å². The Balaban J connectivity index is 1.58. The molecule has 2 aliphatic heterocycles. The summed E-state index contributed by atoms with van der Waals surface area (Å²) in [4.78, 5) is 33.8. The first kappa shape index (κ1) is 25.0. The first-order valence-electron chi connectivity index (χ1n) is 12.3. The van der Waals surface area contributed by atoms with E-state index in [1.807, 2.05) is 0 Å². The predicted molar refractivity (Wildman–Crippen MR) is 135 cm³/mol. The Hall–Kier alpha value is -3.63. The molecule has 0 bridgehead atoms. The summed E-state index contributed by atoms with van der Waals surface area (Å²) in [6, 6.07) is 8.75. The lowest BCUT2D eigenvalue weighted by molar-refractivity contribution is -0.133. The largest absolute Gasteiger partial charge is 0.508 e. The number of methoxy groups -OCH3 is 2. The number of nitrogens with one attached hydrogen (secondary N) is 2. The van der Waals surface area contributed by atoms with E-state index in [1.165, 1.54) is 12.0 Å². The van der Waals surface area contributed by atoms with Gasteiger partial charge in [0.15, 0.2) is 11.6 Å².